The minimum Gasteiger partial charge on any atom is -0.309 e. The number of hydrogen-bond acceptors (Lipinski definition) is 3. The van der Waals surface area contributed by atoms with Gasteiger partial charge in [0.15, 0.2) is 5.82 Å². The number of benzene rings is 9. The molecule has 3 aromatic heterocycles. The first-order chi connectivity index (χ1) is 30.2. The van der Waals surface area contributed by atoms with Gasteiger partial charge in [0, 0.05) is 60.4 Å². The molecule has 0 radical (unpaired) electrons. The predicted octanol–water partition coefficient (Wildman–Crippen LogP) is 14.8. The van der Waals surface area contributed by atoms with Gasteiger partial charge in [-0.2, -0.15) is 0 Å². The molecule has 12 rings (SSSR count). The number of rotatable bonds is 6. The van der Waals surface area contributed by atoms with Crippen molar-refractivity contribution in [2.45, 2.75) is 0 Å². The van der Waals surface area contributed by atoms with Crippen LogP contribution in [-0.4, -0.2) is 19.5 Å². The van der Waals surface area contributed by atoms with E-state index in [0.717, 1.165) is 72.4 Å². The second kappa shape index (κ2) is 14.3. The van der Waals surface area contributed by atoms with E-state index in [0.29, 0.717) is 5.82 Å². The van der Waals surface area contributed by atoms with Crippen LogP contribution < -0.4 is 0 Å². The Morgan fingerprint density at radius 1 is 0.328 bits per heavy atom. The average molecular weight is 777 g/mol. The van der Waals surface area contributed by atoms with E-state index in [1.54, 1.807) is 0 Å². The van der Waals surface area contributed by atoms with Gasteiger partial charge in [-0.05, 0) is 46.7 Å². The van der Waals surface area contributed by atoms with Crippen LogP contribution in [0.4, 0.5) is 0 Å². The van der Waals surface area contributed by atoms with Gasteiger partial charge in [0.05, 0.1) is 33.6 Å². The molecule has 4 nitrogen and oxygen atoms in total. The lowest BCUT2D eigenvalue weighted by Gasteiger charge is -2.16. The zero-order chi connectivity index (χ0) is 40.3. The highest BCUT2D eigenvalue weighted by Gasteiger charge is 2.18. The fraction of sp³-hybridized carbons (Fsp3) is 0. The van der Waals surface area contributed by atoms with Crippen LogP contribution in [0.1, 0.15) is 0 Å². The fourth-order valence-corrected chi connectivity index (χ4v) is 9.11. The Kier molecular flexibility index (Phi) is 8.13. The van der Waals surface area contributed by atoms with Gasteiger partial charge in [0.25, 0.3) is 0 Å². The van der Waals surface area contributed by atoms with Crippen LogP contribution in [0, 0.1) is 0 Å². The monoisotopic (exact) mass is 776 g/mol. The zero-order valence-electron chi connectivity index (χ0n) is 33.1. The van der Waals surface area contributed by atoms with E-state index in [1.807, 2.05) is 36.4 Å². The molecular weight excluding hydrogens is 741 g/mol. The molecule has 0 bridgehead atoms. The first-order valence-electron chi connectivity index (χ1n) is 20.7. The molecule has 0 saturated carbocycles. The SMILES string of the molecule is c1ccc(-c2cc(-c3ccc(-c4nc5c(-c6ccc(-n7c8ccccc8c8ccccc87)cc6)cccc5c5c4ccc4ccccc45)cc3)nc(-c3ccccc3)n2)cc1. The van der Waals surface area contributed by atoms with Gasteiger partial charge in [0.1, 0.15) is 0 Å². The first kappa shape index (κ1) is 34.8. The van der Waals surface area contributed by atoms with E-state index < -0.39 is 0 Å². The summed E-state index contributed by atoms with van der Waals surface area (Å²) < 4.78 is 2.36. The number of aromatic nitrogens is 4. The molecule has 3 heterocycles. The molecule has 0 amide bonds. The van der Waals surface area contributed by atoms with Crippen LogP contribution in [0.5, 0.6) is 0 Å². The normalized spacial score (nSPS) is 11.6. The topological polar surface area (TPSA) is 43.6 Å². The van der Waals surface area contributed by atoms with E-state index in [1.165, 1.54) is 38.0 Å². The Bertz CT molecular complexity index is 3500. The molecule has 0 atom stereocenters. The van der Waals surface area contributed by atoms with E-state index >= 15 is 0 Å². The van der Waals surface area contributed by atoms with Gasteiger partial charge in [0.2, 0.25) is 0 Å². The molecular formula is C57H36N4. The second-order valence-corrected chi connectivity index (χ2v) is 15.6. The average Bonchev–Trinajstić information content (AvgIpc) is 3.68. The summed E-state index contributed by atoms with van der Waals surface area (Å²) in [5.41, 5.74) is 13.5. The lowest BCUT2D eigenvalue weighted by molar-refractivity contribution is 1.18. The molecule has 12 aromatic rings. The summed E-state index contributed by atoms with van der Waals surface area (Å²) in [6.07, 6.45) is 0. The molecule has 4 heteroatoms. The molecule has 0 saturated heterocycles. The maximum Gasteiger partial charge on any atom is 0.160 e. The third-order valence-corrected chi connectivity index (χ3v) is 12.0. The third-order valence-electron chi connectivity index (χ3n) is 12.0. The van der Waals surface area contributed by atoms with E-state index in [9.17, 15) is 0 Å². The van der Waals surface area contributed by atoms with E-state index in [-0.39, 0.29) is 0 Å². The summed E-state index contributed by atoms with van der Waals surface area (Å²) >= 11 is 0. The van der Waals surface area contributed by atoms with Crippen molar-refractivity contribution in [3.63, 3.8) is 0 Å². The number of fused-ring (bicyclic) bond motifs is 8. The van der Waals surface area contributed by atoms with E-state index in [4.69, 9.17) is 15.0 Å². The Labute approximate surface area is 352 Å². The van der Waals surface area contributed by atoms with Crippen molar-refractivity contribution in [3.8, 4) is 62.0 Å². The zero-order valence-corrected chi connectivity index (χ0v) is 33.1. The number of para-hydroxylation sites is 3. The van der Waals surface area contributed by atoms with Crippen molar-refractivity contribution >= 4 is 54.3 Å². The number of pyridine rings is 1. The first-order valence-corrected chi connectivity index (χ1v) is 20.7. The molecule has 0 fully saturated rings. The lowest BCUT2D eigenvalue weighted by Crippen LogP contribution is -1.96. The van der Waals surface area contributed by atoms with Gasteiger partial charge in [-0.3, -0.25) is 0 Å². The molecule has 284 valence electrons. The van der Waals surface area contributed by atoms with Crippen LogP contribution >= 0.6 is 0 Å². The van der Waals surface area contributed by atoms with Gasteiger partial charge >= 0.3 is 0 Å². The Morgan fingerprint density at radius 2 is 0.869 bits per heavy atom. The standard InChI is InChI=1S/C57H36N4/c1-3-15-39(16-4-1)50-36-51(59-57(58-50)42-17-5-2-6-18-42)40-26-28-41(29-27-40)55-49-35-32-37-14-7-8-19-44(37)54(49)48-23-13-22-45(56(48)60-55)38-30-33-43(34-31-38)61-52-24-11-9-20-46(52)47-21-10-12-25-53(47)61/h1-36H. The molecule has 0 unspecified atom stereocenters. The van der Waals surface area contributed by atoms with Crippen LogP contribution in [0.25, 0.3) is 116 Å². The van der Waals surface area contributed by atoms with Gasteiger partial charge < -0.3 is 4.57 Å². The third kappa shape index (κ3) is 5.88. The molecule has 0 N–H and O–H groups in total. The smallest absolute Gasteiger partial charge is 0.160 e. The summed E-state index contributed by atoms with van der Waals surface area (Å²) in [4.78, 5) is 15.7. The van der Waals surface area contributed by atoms with Crippen molar-refractivity contribution in [2.75, 3.05) is 0 Å². The molecule has 0 aliphatic carbocycles. The minimum absolute atomic E-state index is 0.700. The Balaban J connectivity index is 1.01. The van der Waals surface area contributed by atoms with Gasteiger partial charge in [-0.1, -0.05) is 188 Å². The summed E-state index contributed by atoms with van der Waals surface area (Å²) in [5, 5.41) is 8.40. The van der Waals surface area contributed by atoms with Crippen molar-refractivity contribution in [3.05, 3.63) is 218 Å². The van der Waals surface area contributed by atoms with Crippen molar-refractivity contribution in [1.82, 2.24) is 19.5 Å². The minimum atomic E-state index is 0.700. The van der Waals surface area contributed by atoms with Crippen LogP contribution in [0.3, 0.4) is 0 Å². The molecule has 61 heavy (non-hydrogen) atoms. The fourth-order valence-electron chi connectivity index (χ4n) is 9.11. The Hall–Kier alpha value is -8.21. The largest absolute Gasteiger partial charge is 0.309 e. The summed E-state index contributed by atoms with van der Waals surface area (Å²) in [6, 6.07) is 77.3. The van der Waals surface area contributed by atoms with Crippen LogP contribution in [0.15, 0.2) is 218 Å². The lowest BCUT2D eigenvalue weighted by atomic mass is 9.92. The highest BCUT2D eigenvalue weighted by Crippen LogP contribution is 2.41. The van der Waals surface area contributed by atoms with E-state index in [2.05, 4.69) is 187 Å². The molecule has 0 aliphatic heterocycles. The predicted molar refractivity (Wildman–Crippen MR) is 254 cm³/mol. The number of nitrogens with zero attached hydrogens (tertiary/aromatic N) is 4. The van der Waals surface area contributed by atoms with Gasteiger partial charge in [-0.15, -0.1) is 0 Å². The maximum absolute atomic E-state index is 5.59. The summed E-state index contributed by atoms with van der Waals surface area (Å²) in [5.74, 6) is 0.700. The maximum atomic E-state index is 5.59. The molecule has 0 aliphatic rings. The quantitative estimate of drug-likeness (QED) is 0.158. The summed E-state index contributed by atoms with van der Waals surface area (Å²) in [6.45, 7) is 0. The van der Waals surface area contributed by atoms with Gasteiger partial charge in [-0.25, -0.2) is 15.0 Å². The highest BCUT2D eigenvalue weighted by atomic mass is 15.0. The molecule has 9 aromatic carbocycles. The Morgan fingerprint density at radius 3 is 1.56 bits per heavy atom. The highest BCUT2D eigenvalue weighted by molar-refractivity contribution is 6.24. The second-order valence-electron chi connectivity index (χ2n) is 15.6. The van der Waals surface area contributed by atoms with Crippen LogP contribution in [-0.2, 0) is 0 Å². The van der Waals surface area contributed by atoms with Crippen molar-refractivity contribution in [2.24, 2.45) is 0 Å². The summed E-state index contributed by atoms with van der Waals surface area (Å²) in [7, 11) is 0. The number of hydrogen-bond donors (Lipinski definition) is 0. The van der Waals surface area contributed by atoms with Crippen LogP contribution in [0.2, 0.25) is 0 Å². The van der Waals surface area contributed by atoms with Crippen molar-refractivity contribution < 1.29 is 0 Å². The van der Waals surface area contributed by atoms with Crippen molar-refractivity contribution in [1.29, 1.82) is 0 Å². The molecule has 0 spiro atoms.